The van der Waals surface area contributed by atoms with E-state index in [1.165, 1.54) is 16.9 Å². The minimum atomic E-state index is -0.143. The normalized spacial score (nSPS) is 10.3. The highest BCUT2D eigenvalue weighted by Gasteiger charge is 2.12. The fourth-order valence-corrected chi connectivity index (χ4v) is 2.23. The number of hydrogen-bond acceptors (Lipinski definition) is 3. The minimum Gasteiger partial charge on any atom is -0.320 e. The van der Waals surface area contributed by atoms with Crippen molar-refractivity contribution >= 4 is 22.9 Å². The van der Waals surface area contributed by atoms with E-state index in [-0.39, 0.29) is 5.91 Å². The van der Waals surface area contributed by atoms with E-state index in [0.29, 0.717) is 5.69 Å². The molecule has 4 heteroatoms. The summed E-state index contributed by atoms with van der Waals surface area (Å²) < 4.78 is 0. The van der Waals surface area contributed by atoms with E-state index >= 15 is 0 Å². The minimum absolute atomic E-state index is 0.143. The predicted molar refractivity (Wildman–Crippen MR) is 70.7 cm³/mol. The maximum Gasteiger partial charge on any atom is 0.275 e. The molecule has 0 spiro atoms. The van der Waals surface area contributed by atoms with Gasteiger partial charge in [-0.05, 0) is 32.4 Å². The zero-order chi connectivity index (χ0) is 12.4. The number of amides is 1. The van der Waals surface area contributed by atoms with Crippen LogP contribution in [0.3, 0.4) is 0 Å². The van der Waals surface area contributed by atoms with Crippen LogP contribution in [0.2, 0.25) is 0 Å². The first kappa shape index (κ1) is 11.8. The third-order valence-electron chi connectivity index (χ3n) is 2.59. The molecule has 0 radical (unpaired) electrons. The number of carbonyl (C=O) groups is 1. The van der Waals surface area contributed by atoms with E-state index < -0.39 is 0 Å². The van der Waals surface area contributed by atoms with Crippen LogP contribution in [0.15, 0.2) is 23.7 Å². The summed E-state index contributed by atoms with van der Waals surface area (Å²) >= 11 is 1.48. The average Bonchev–Trinajstić information content (AvgIpc) is 2.68. The molecule has 1 aromatic heterocycles. The number of carbonyl (C=O) groups excluding carboxylic acids is 1. The van der Waals surface area contributed by atoms with Gasteiger partial charge in [0.2, 0.25) is 0 Å². The third-order valence-corrected chi connectivity index (χ3v) is 3.35. The molecular formula is C13H14N2OS. The summed E-state index contributed by atoms with van der Waals surface area (Å²) in [6.07, 6.45) is 0. The number of hydrogen-bond donors (Lipinski definition) is 1. The summed E-state index contributed by atoms with van der Waals surface area (Å²) in [6, 6.07) is 5.95. The van der Waals surface area contributed by atoms with Gasteiger partial charge in [0.15, 0.2) is 0 Å². The van der Waals surface area contributed by atoms with Gasteiger partial charge in [-0.2, -0.15) is 0 Å². The van der Waals surface area contributed by atoms with Crippen molar-refractivity contribution in [2.45, 2.75) is 20.8 Å². The van der Waals surface area contributed by atoms with Crippen LogP contribution in [0, 0.1) is 20.8 Å². The van der Waals surface area contributed by atoms with E-state index in [1.807, 2.05) is 39.0 Å². The second-order valence-electron chi connectivity index (χ2n) is 4.03. The summed E-state index contributed by atoms with van der Waals surface area (Å²) in [5.41, 5.74) is 5.28. The average molecular weight is 246 g/mol. The smallest absolute Gasteiger partial charge is 0.275 e. The topological polar surface area (TPSA) is 42.0 Å². The van der Waals surface area contributed by atoms with E-state index in [9.17, 15) is 4.79 Å². The SMILES string of the molecule is Cc1ccc(NC(=O)c2ncsc2C)c(C)c1. The first-order chi connectivity index (χ1) is 8.08. The molecule has 1 heterocycles. The van der Waals surface area contributed by atoms with Crippen LogP contribution in [-0.4, -0.2) is 10.9 Å². The summed E-state index contributed by atoms with van der Waals surface area (Å²) in [6.45, 7) is 5.91. The molecule has 1 amide bonds. The van der Waals surface area contributed by atoms with Crippen molar-refractivity contribution in [3.8, 4) is 0 Å². The van der Waals surface area contributed by atoms with Gasteiger partial charge < -0.3 is 5.32 Å². The van der Waals surface area contributed by atoms with Crippen LogP contribution in [-0.2, 0) is 0 Å². The van der Waals surface area contributed by atoms with Crippen molar-refractivity contribution in [3.63, 3.8) is 0 Å². The second-order valence-corrected chi connectivity index (χ2v) is 5.09. The van der Waals surface area contributed by atoms with E-state index in [4.69, 9.17) is 0 Å². The fourth-order valence-electron chi connectivity index (χ4n) is 1.66. The summed E-state index contributed by atoms with van der Waals surface area (Å²) in [5.74, 6) is -0.143. The third kappa shape index (κ3) is 2.53. The number of aryl methyl sites for hydroxylation is 3. The fraction of sp³-hybridized carbons (Fsp3) is 0.231. The molecule has 88 valence electrons. The van der Waals surface area contributed by atoms with Crippen molar-refractivity contribution in [2.75, 3.05) is 5.32 Å². The highest BCUT2D eigenvalue weighted by Crippen LogP contribution is 2.18. The van der Waals surface area contributed by atoms with Crippen LogP contribution in [0.4, 0.5) is 5.69 Å². The van der Waals surface area contributed by atoms with Crippen molar-refractivity contribution in [1.29, 1.82) is 0 Å². The molecule has 3 nitrogen and oxygen atoms in total. The first-order valence-corrected chi connectivity index (χ1v) is 6.24. The molecule has 0 atom stereocenters. The largest absolute Gasteiger partial charge is 0.320 e. The van der Waals surface area contributed by atoms with Crippen molar-refractivity contribution in [3.05, 3.63) is 45.4 Å². The molecule has 0 aliphatic rings. The Morgan fingerprint density at radius 3 is 2.65 bits per heavy atom. The Morgan fingerprint density at radius 2 is 2.06 bits per heavy atom. The molecule has 0 bridgehead atoms. The van der Waals surface area contributed by atoms with Crippen LogP contribution in [0.25, 0.3) is 0 Å². The maximum absolute atomic E-state index is 12.0. The number of aromatic nitrogens is 1. The molecule has 1 N–H and O–H groups in total. The zero-order valence-electron chi connectivity index (χ0n) is 10.1. The highest BCUT2D eigenvalue weighted by molar-refractivity contribution is 7.09. The maximum atomic E-state index is 12.0. The lowest BCUT2D eigenvalue weighted by Gasteiger charge is -2.08. The predicted octanol–water partition coefficient (Wildman–Crippen LogP) is 3.32. The summed E-state index contributed by atoms with van der Waals surface area (Å²) in [4.78, 5) is 17.0. The molecule has 0 aliphatic heterocycles. The van der Waals surface area contributed by atoms with Gasteiger partial charge in [0.05, 0.1) is 5.51 Å². The van der Waals surface area contributed by atoms with Gasteiger partial charge in [-0.25, -0.2) is 4.98 Å². The Kier molecular flexibility index (Phi) is 3.24. The van der Waals surface area contributed by atoms with Crippen LogP contribution >= 0.6 is 11.3 Å². The lowest BCUT2D eigenvalue weighted by molar-refractivity contribution is 0.102. The van der Waals surface area contributed by atoms with Crippen LogP contribution in [0.5, 0.6) is 0 Å². The van der Waals surface area contributed by atoms with Gasteiger partial charge in [0.1, 0.15) is 5.69 Å². The molecule has 1 aromatic carbocycles. The molecule has 0 unspecified atom stereocenters. The summed E-state index contributed by atoms with van der Waals surface area (Å²) in [7, 11) is 0. The van der Waals surface area contributed by atoms with Crippen molar-refractivity contribution in [1.82, 2.24) is 4.98 Å². The lowest BCUT2D eigenvalue weighted by atomic mass is 10.1. The molecule has 2 rings (SSSR count). The van der Waals surface area contributed by atoms with E-state index in [2.05, 4.69) is 10.3 Å². The Labute approximate surface area is 105 Å². The molecule has 0 saturated heterocycles. The molecule has 0 aliphatic carbocycles. The number of thiazole rings is 1. The van der Waals surface area contributed by atoms with Crippen molar-refractivity contribution in [2.24, 2.45) is 0 Å². The van der Waals surface area contributed by atoms with E-state index in [1.54, 1.807) is 5.51 Å². The molecule has 2 aromatic rings. The number of rotatable bonds is 2. The van der Waals surface area contributed by atoms with Gasteiger partial charge in [-0.1, -0.05) is 17.7 Å². The van der Waals surface area contributed by atoms with Gasteiger partial charge in [-0.3, -0.25) is 4.79 Å². The quantitative estimate of drug-likeness (QED) is 0.883. The Bertz CT molecular complexity index is 560. The monoisotopic (exact) mass is 246 g/mol. The molecule has 0 fully saturated rings. The van der Waals surface area contributed by atoms with Crippen LogP contribution in [0.1, 0.15) is 26.5 Å². The van der Waals surface area contributed by atoms with Crippen molar-refractivity contribution < 1.29 is 4.79 Å². The molecule has 0 saturated carbocycles. The summed E-state index contributed by atoms with van der Waals surface area (Å²) in [5, 5.41) is 2.89. The number of anilines is 1. The molecular weight excluding hydrogens is 232 g/mol. The highest BCUT2D eigenvalue weighted by atomic mass is 32.1. The lowest BCUT2D eigenvalue weighted by Crippen LogP contribution is -2.14. The van der Waals surface area contributed by atoms with Gasteiger partial charge in [0, 0.05) is 10.6 Å². The second kappa shape index (κ2) is 4.67. The molecule has 17 heavy (non-hydrogen) atoms. The standard InChI is InChI=1S/C13H14N2OS/c1-8-4-5-11(9(2)6-8)15-13(16)12-10(3)17-7-14-12/h4-7H,1-3H3,(H,15,16). The first-order valence-electron chi connectivity index (χ1n) is 5.36. The Hall–Kier alpha value is -1.68. The number of benzene rings is 1. The Balaban J connectivity index is 2.22. The zero-order valence-corrected chi connectivity index (χ0v) is 10.9. The Morgan fingerprint density at radius 1 is 1.29 bits per heavy atom. The van der Waals surface area contributed by atoms with Crippen LogP contribution < -0.4 is 5.32 Å². The number of nitrogens with zero attached hydrogens (tertiary/aromatic N) is 1. The van der Waals surface area contributed by atoms with Gasteiger partial charge in [0.25, 0.3) is 5.91 Å². The van der Waals surface area contributed by atoms with Gasteiger partial charge >= 0.3 is 0 Å². The van der Waals surface area contributed by atoms with E-state index in [0.717, 1.165) is 16.1 Å². The number of nitrogens with one attached hydrogen (secondary N) is 1. The van der Waals surface area contributed by atoms with Gasteiger partial charge in [-0.15, -0.1) is 11.3 Å².